The average Bonchev–Trinajstić information content (AvgIpc) is 2.78. The summed E-state index contributed by atoms with van der Waals surface area (Å²) < 4.78 is 42.8. The van der Waals surface area contributed by atoms with Gasteiger partial charge in [-0.1, -0.05) is 18.2 Å². The molecule has 0 fully saturated rings. The van der Waals surface area contributed by atoms with Crippen molar-refractivity contribution in [1.82, 2.24) is 4.90 Å². The molecule has 0 aliphatic rings. The highest BCUT2D eigenvalue weighted by molar-refractivity contribution is 7.87. The molecule has 0 saturated carbocycles. The van der Waals surface area contributed by atoms with Crippen LogP contribution in [-0.2, 0) is 16.7 Å². The maximum absolute atomic E-state index is 13.0. The molecular weight excluding hydrogens is 451 g/mol. The van der Waals surface area contributed by atoms with Crippen LogP contribution in [0.3, 0.4) is 0 Å². The van der Waals surface area contributed by atoms with Crippen molar-refractivity contribution in [3.05, 3.63) is 99.9 Å². The summed E-state index contributed by atoms with van der Waals surface area (Å²) in [5.74, 6) is -0.871. The molecule has 0 spiro atoms. The number of non-ortho nitro benzene ring substituents is 1. The number of rotatable bonds is 8. The maximum atomic E-state index is 13.0. The van der Waals surface area contributed by atoms with Crippen LogP contribution in [0.4, 0.5) is 10.1 Å². The molecule has 0 aromatic heterocycles. The molecular formula is C23H21FN2O6S. The molecule has 0 radical (unpaired) electrons. The van der Waals surface area contributed by atoms with Gasteiger partial charge in [-0.25, -0.2) is 4.39 Å². The second-order valence-electron chi connectivity index (χ2n) is 7.47. The van der Waals surface area contributed by atoms with Gasteiger partial charge >= 0.3 is 10.1 Å². The van der Waals surface area contributed by atoms with Crippen LogP contribution >= 0.6 is 0 Å². The summed E-state index contributed by atoms with van der Waals surface area (Å²) in [4.78, 5) is 24.8. The number of halogens is 1. The van der Waals surface area contributed by atoms with Gasteiger partial charge in [-0.05, 0) is 61.9 Å². The second kappa shape index (κ2) is 9.78. The van der Waals surface area contributed by atoms with Crippen molar-refractivity contribution in [3.63, 3.8) is 0 Å². The van der Waals surface area contributed by atoms with Crippen LogP contribution in [0.5, 0.6) is 5.75 Å². The fourth-order valence-electron chi connectivity index (χ4n) is 3.03. The summed E-state index contributed by atoms with van der Waals surface area (Å²) in [5, 5.41) is 11.0. The van der Waals surface area contributed by atoms with Crippen molar-refractivity contribution in [2.45, 2.75) is 31.3 Å². The number of nitro groups is 1. The van der Waals surface area contributed by atoms with E-state index in [4.69, 9.17) is 4.18 Å². The van der Waals surface area contributed by atoms with Gasteiger partial charge in [-0.15, -0.1) is 0 Å². The third kappa shape index (κ3) is 5.92. The van der Waals surface area contributed by atoms with Gasteiger partial charge in [0.25, 0.3) is 11.6 Å². The Hall–Kier alpha value is -3.79. The van der Waals surface area contributed by atoms with Gasteiger partial charge in [0, 0.05) is 30.3 Å². The third-order valence-corrected chi connectivity index (χ3v) is 6.03. The number of hydrogen-bond donors (Lipinski definition) is 0. The minimum Gasteiger partial charge on any atom is -0.379 e. The first-order valence-corrected chi connectivity index (χ1v) is 11.3. The Balaban J connectivity index is 1.75. The smallest absolute Gasteiger partial charge is 0.339 e. The number of benzene rings is 3. The molecule has 3 aromatic rings. The molecule has 10 heteroatoms. The van der Waals surface area contributed by atoms with E-state index in [-0.39, 0.29) is 40.4 Å². The van der Waals surface area contributed by atoms with Crippen LogP contribution < -0.4 is 4.18 Å². The summed E-state index contributed by atoms with van der Waals surface area (Å²) in [6.45, 7) is 3.84. The lowest BCUT2D eigenvalue weighted by Gasteiger charge is -2.27. The van der Waals surface area contributed by atoms with Gasteiger partial charge in [0.05, 0.1) is 4.92 Å². The summed E-state index contributed by atoms with van der Waals surface area (Å²) in [6.07, 6.45) is 0. The molecule has 0 atom stereocenters. The van der Waals surface area contributed by atoms with Crippen molar-refractivity contribution in [2.24, 2.45) is 0 Å². The first kappa shape index (κ1) is 23.9. The lowest BCUT2D eigenvalue weighted by Crippen LogP contribution is -2.36. The Kier molecular flexibility index (Phi) is 7.07. The van der Waals surface area contributed by atoms with Gasteiger partial charge in [0.1, 0.15) is 16.5 Å². The number of nitro benzene ring substituents is 1. The highest BCUT2D eigenvalue weighted by Gasteiger charge is 2.21. The van der Waals surface area contributed by atoms with Crippen LogP contribution in [0.1, 0.15) is 29.8 Å². The predicted molar refractivity (Wildman–Crippen MR) is 119 cm³/mol. The molecule has 0 unspecified atom stereocenters. The van der Waals surface area contributed by atoms with E-state index < -0.39 is 20.9 Å². The van der Waals surface area contributed by atoms with Crippen LogP contribution in [0.15, 0.2) is 77.7 Å². The molecule has 0 aliphatic heterocycles. The number of nitrogens with zero attached hydrogens (tertiary/aromatic N) is 2. The SMILES string of the molecule is CC(C)N(Cc1ccc(OS(=O)(=O)c2ccc(F)cc2)cc1)C(=O)c1cccc([N+](=O)[O-])c1. The third-order valence-electron chi connectivity index (χ3n) is 4.77. The van der Waals surface area contributed by atoms with Gasteiger partial charge in [-0.2, -0.15) is 8.42 Å². The van der Waals surface area contributed by atoms with Crippen LogP contribution in [0.2, 0.25) is 0 Å². The summed E-state index contributed by atoms with van der Waals surface area (Å²) >= 11 is 0. The summed E-state index contributed by atoms with van der Waals surface area (Å²) in [5.41, 5.74) is 0.727. The van der Waals surface area contributed by atoms with E-state index in [1.807, 2.05) is 13.8 Å². The van der Waals surface area contributed by atoms with Crippen molar-refractivity contribution in [2.75, 3.05) is 0 Å². The normalized spacial score (nSPS) is 11.3. The fraction of sp³-hybridized carbons (Fsp3) is 0.174. The van der Waals surface area contributed by atoms with Crippen LogP contribution in [-0.4, -0.2) is 30.2 Å². The van der Waals surface area contributed by atoms with E-state index in [0.717, 1.165) is 24.3 Å². The van der Waals surface area contributed by atoms with Crippen molar-refractivity contribution in [3.8, 4) is 5.75 Å². The average molecular weight is 472 g/mol. The zero-order valence-corrected chi connectivity index (χ0v) is 18.7. The van der Waals surface area contributed by atoms with E-state index in [1.54, 1.807) is 17.0 Å². The minimum atomic E-state index is -4.13. The fourth-order valence-corrected chi connectivity index (χ4v) is 3.96. The van der Waals surface area contributed by atoms with Gasteiger partial charge in [0.15, 0.2) is 0 Å². The Labute approximate surface area is 190 Å². The molecule has 0 heterocycles. The van der Waals surface area contributed by atoms with E-state index in [0.29, 0.717) is 5.56 Å². The maximum Gasteiger partial charge on any atom is 0.339 e. The molecule has 8 nitrogen and oxygen atoms in total. The van der Waals surface area contributed by atoms with Gasteiger partial charge in [0.2, 0.25) is 0 Å². The molecule has 0 aliphatic carbocycles. The molecule has 0 N–H and O–H groups in total. The number of carbonyl (C=O) groups excluding carboxylic acids is 1. The number of carbonyl (C=O) groups is 1. The molecule has 172 valence electrons. The van der Waals surface area contributed by atoms with Crippen LogP contribution in [0.25, 0.3) is 0 Å². The topological polar surface area (TPSA) is 107 Å². The van der Waals surface area contributed by atoms with Gasteiger partial charge in [-0.3, -0.25) is 14.9 Å². The lowest BCUT2D eigenvalue weighted by atomic mass is 10.1. The lowest BCUT2D eigenvalue weighted by molar-refractivity contribution is -0.384. The Morgan fingerprint density at radius 1 is 1.06 bits per heavy atom. The monoisotopic (exact) mass is 472 g/mol. The molecule has 3 aromatic carbocycles. The molecule has 33 heavy (non-hydrogen) atoms. The molecule has 3 rings (SSSR count). The standard InChI is InChI=1S/C23H21FN2O6S/c1-16(2)25(23(27)18-4-3-5-20(14-18)26(28)29)15-17-6-10-21(11-7-17)32-33(30,31)22-12-8-19(24)9-13-22/h3-14,16H,15H2,1-2H3. The molecule has 0 bridgehead atoms. The van der Waals surface area contributed by atoms with E-state index in [2.05, 4.69) is 0 Å². The zero-order valence-electron chi connectivity index (χ0n) is 17.8. The predicted octanol–water partition coefficient (Wildman–Crippen LogP) is 4.55. The molecule has 0 saturated heterocycles. The van der Waals surface area contributed by atoms with Crippen LogP contribution in [0, 0.1) is 15.9 Å². The number of amides is 1. The van der Waals surface area contributed by atoms with Crippen molar-refractivity contribution >= 4 is 21.7 Å². The Morgan fingerprint density at radius 2 is 1.70 bits per heavy atom. The summed E-state index contributed by atoms with van der Waals surface area (Å²) in [7, 11) is -4.13. The Bertz CT molecular complexity index is 1260. The Morgan fingerprint density at radius 3 is 2.27 bits per heavy atom. The molecule has 1 amide bonds. The van der Waals surface area contributed by atoms with E-state index in [9.17, 15) is 27.7 Å². The minimum absolute atomic E-state index is 0.0594. The van der Waals surface area contributed by atoms with Crippen molar-refractivity contribution in [1.29, 1.82) is 0 Å². The largest absolute Gasteiger partial charge is 0.379 e. The zero-order chi connectivity index (χ0) is 24.2. The first-order valence-electron chi connectivity index (χ1n) is 9.91. The van der Waals surface area contributed by atoms with E-state index >= 15 is 0 Å². The highest BCUT2D eigenvalue weighted by Crippen LogP contribution is 2.22. The highest BCUT2D eigenvalue weighted by atomic mass is 32.2. The summed E-state index contributed by atoms with van der Waals surface area (Å²) in [6, 6.07) is 15.7. The van der Waals surface area contributed by atoms with Gasteiger partial charge < -0.3 is 9.08 Å². The quantitative estimate of drug-likeness (QED) is 0.270. The first-order chi connectivity index (χ1) is 15.6. The van der Waals surface area contributed by atoms with Crippen molar-refractivity contribution < 1.29 is 26.7 Å². The van der Waals surface area contributed by atoms with E-state index in [1.165, 1.54) is 36.4 Å². The second-order valence-corrected chi connectivity index (χ2v) is 9.02. The number of hydrogen-bond acceptors (Lipinski definition) is 6.